The number of H-pyrrole nitrogens is 1. The van der Waals surface area contributed by atoms with Gasteiger partial charge >= 0.3 is 0 Å². The summed E-state index contributed by atoms with van der Waals surface area (Å²) >= 11 is 0. The van der Waals surface area contributed by atoms with Gasteiger partial charge in [0.15, 0.2) is 0 Å². The SMILES string of the molecule is O=C(NC[C@@H](O)c1cccc(F)c1)c1cccc2cc[nH]c12. The molecule has 0 aliphatic heterocycles. The van der Waals surface area contributed by atoms with Crippen LogP contribution < -0.4 is 5.32 Å². The summed E-state index contributed by atoms with van der Waals surface area (Å²) in [4.78, 5) is 15.3. The summed E-state index contributed by atoms with van der Waals surface area (Å²) in [5, 5.41) is 13.6. The van der Waals surface area contributed by atoms with Gasteiger partial charge in [0.2, 0.25) is 0 Å². The maximum Gasteiger partial charge on any atom is 0.253 e. The van der Waals surface area contributed by atoms with E-state index in [-0.39, 0.29) is 12.5 Å². The van der Waals surface area contributed by atoms with Crippen molar-refractivity contribution in [2.75, 3.05) is 6.54 Å². The summed E-state index contributed by atoms with van der Waals surface area (Å²) in [6, 6.07) is 13.0. The third kappa shape index (κ3) is 2.84. The Labute approximate surface area is 126 Å². The first-order valence-electron chi connectivity index (χ1n) is 6.93. The smallest absolute Gasteiger partial charge is 0.253 e. The van der Waals surface area contributed by atoms with E-state index in [9.17, 15) is 14.3 Å². The molecule has 0 saturated heterocycles. The van der Waals surface area contributed by atoms with E-state index in [4.69, 9.17) is 0 Å². The fourth-order valence-electron chi connectivity index (χ4n) is 2.39. The summed E-state index contributed by atoms with van der Waals surface area (Å²) in [5.74, 6) is -0.706. The highest BCUT2D eigenvalue weighted by molar-refractivity contribution is 6.05. The molecule has 3 rings (SSSR count). The largest absolute Gasteiger partial charge is 0.387 e. The zero-order valence-electron chi connectivity index (χ0n) is 11.7. The first-order chi connectivity index (χ1) is 10.6. The lowest BCUT2D eigenvalue weighted by Crippen LogP contribution is -2.28. The number of aromatic nitrogens is 1. The van der Waals surface area contributed by atoms with Gasteiger partial charge in [-0.2, -0.15) is 0 Å². The van der Waals surface area contributed by atoms with Crippen molar-refractivity contribution < 1.29 is 14.3 Å². The number of hydrogen-bond donors (Lipinski definition) is 3. The van der Waals surface area contributed by atoms with E-state index < -0.39 is 11.9 Å². The van der Waals surface area contributed by atoms with Crippen molar-refractivity contribution in [2.24, 2.45) is 0 Å². The fourth-order valence-corrected chi connectivity index (χ4v) is 2.39. The van der Waals surface area contributed by atoms with E-state index in [0.29, 0.717) is 11.1 Å². The van der Waals surface area contributed by atoms with E-state index >= 15 is 0 Å². The van der Waals surface area contributed by atoms with Crippen molar-refractivity contribution in [3.05, 3.63) is 71.7 Å². The predicted octanol–water partition coefficient (Wildman–Crippen LogP) is 2.77. The number of carbonyl (C=O) groups is 1. The third-order valence-electron chi connectivity index (χ3n) is 3.52. The Morgan fingerprint density at radius 2 is 2.05 bits per heavy atom. The summed E-state index contributed by atoms with van der Waals surface area (Å²) in [7, 11) is 0. The van der Waals surface area contributed by atoms with Crippen LogP contribution in [0.25, 0.3) is 10.9 Å². The van der Waals surface area contributed by atoms with Crippen LogP contribution in [0.4, 0.5) is 4.39 Å². The first-order valence-corrected chi connectivity index (χ1v) is 6.93. The van der Waals surface area contributed by atoms with Gasteiger partial charge in [-0.15, -0.1) is 0 Å². The maximum absolute atomic E-state index is 13.1. The molecule has 1 amide bonds. The molecule has 1 heterocycles. The van der Waals surface area contributed by atoms with Crippen LogP contribution in [0.3, 0.4) is 0 Å². The van der Waals surface area contributed by atoms with Gasteiger partial charge in [0.25, 0.3) is 5.91 Å². The van der Waals surface area contributed by atoms with E-state index in [1.807, 2.05) is 12.1 Å². The van der Waals surface area contributed by atoms with Gasteiger partial charge < -0.3 is 15.4 Å². The van der Waals surface area contributed by atoms with Crippen LogP contribution in [0.5, 0.6) is 0 Å². The Kier molecular flexibility index (Phi) is 3.89. The molecule has 112 valence electrons. The number of amides is 1. The molecule has 3 N–H and O–H groups in total. The van der Waals surface area contributed by atoms with E-state index in [1.54, 1.807) is 24.4 Å². The molecule has 1 atom stereocenters. The first kappa shape index (κ1) is 14.3. The molecule has 0 spiro atoms. The van der Waals surface area contributed by atoms with Crippen LogP contribution in [0, 0.1) is 5.82 Å². The number of benzene rings is 2. The third-order valence-corrected chi connectivity index (χ3v) is 3.52. The molecule has 0 fully saturated rings. The minimum absolute atomic E-state index is 0.0133. The second kappa shape index (κ2) is 5.99. The number of halogens is 1. The normalized spacial score (nSPS) is 12.3. The van der Waals surface area contributed by atoms with Crippen molar-refractivity contribution in [2.45, 2.75) is 6.10 Å². The summed E-state index contributed by atoms with van der Waals surface area (Å²) in [5.41, 5.74) is 1.69. The zero-order valence-corrected chi connectivity index (χ0v) is 11.7. The Balaban J connectivity index is 1.71. The monoisotopic (exact) mass is 298 g/mol. The van der Waals surface area contributed by atoms with Crippen LogP contribution in [0.1, 0.15) is 22.0 Å². The summed E-state index contributed by atoms with van der Waals surface area (Å²) in [6.07, 6.45) is 0.811. The second-order valence-electron chi connectivity index (χ2n) is 5.03. The van der Waals surface area contributed by atoms with Gasteiger partial charge in [0, 0.05) is 18.1 Å². The molecule has 5 heteroatoms. The number of fused-ring (bicyclic) bond motifs is 1. The lowest BCUT2D eigenvalue weighted by molar-refractivity contribution is 0.0917. The summed E-state index contributed by atoms with van der Waals surface area (Å²) in [6.45, 7) is 0.0133. The number of nitrogens with one attached hydrogen (secondary N) is 2. The van der Waals surface area contributed by atoms with Gasteiger partial charge in [-0.05, 0) is 29.8 Å². The van der Waals surface area contributed by atoms with Crippen LogP contribution >= 0.6 is 0 Å². The number of aliphatic hydroxyl groups is 1. The molecule has 0 aliphatic rings. The second-order valence-corrected chi connectivity index (χ2v) is 5.03. The number of aromatic amines is 1. The number of para-hydroxylation sites is 1. The lowest BCUT2D eigenvalue weighted by Gasteiger charge is -2.12. The number of rotatable bonds is 4. The van der Waals surface area contributed by atoms with E-state index in [2.05, 4.69) is 10.3 Å². The van der Waals surface area contributed by atoms with Gasteiger partial charge in [0.05, 0.1) is 17.2 Å². The fraction of sp³-hybridized carbons (Fsp3) is 0.118. The average molecular weight is 298 g/mol. The average Bonchev–Trinajstić information content (AvgIpc) is 3.00. The van der Waals surface area contributed by atoms with Crippen molar-refractivity contribution >= 4 is 16.8 Å². The van der Waals surface area contributed by atoms with Crippen molar-refractivity contribution in [3.8, 4) is 0 Å². The standard InChI is InChI=1S/C17H15FN2O2/c18-13-5-1-4-12(9-13)15(21)10-20-17(22)14-6-2-3-11-7-8-19-16(11)14/h1-9,15,19,21H,10H2,(H,20,22)/t15-/m1/s1. The Morgan fingerprint density at radius 3 is 2.86 bits per heavy atom. The molecule has 0 bridgehead atoms. The number of aliphatic hydroxyl groups excluding tert-OH is 1. The van der Waals surface area contributed by atoms with Crippen molar-refractivity contribution in [3.63, 3.8) is 0 Å². The minimum atomic E-state index is -0.956. The zero-order chi connectivity index (χ0) is 15.5. The topological polar surface area (TPSA) is 65.1 Å². The predicted molar refractivity (Wildman–Crippen MR) is 82.0 cm³/mol. The van der Waals surface area contributed by atoms with Crippen LogP contribution in [-0.4, -0.2) is 22.5 Å². The number of hydrogen-bond acceptors (Lipinski definition) is 2. The Bertz CT molecular complexity index is 813. The van der Waals surface area contributed by atoms with Gasteiger partial charge in [-0.25, -0.2) is 4.39 Å². The quantitative estimate of drug-likeness (QED) is 0.693. The van der Waals surface area contributed by atoms with Gasteiger partial charge in [-0.1, -0.05) is 24.3 Å². The molecule has 2 aromatic carbocycles. The lowest BCUT2D eigenvalue weighted by atomic mass is 10.1. The summed E-state index contributed by atoms with van der Waals surface area (Å²) < 4.78 is 13.1. The molecule has 0 saturated carbocycles. The highest BCUT2D eigenvalue weighted by Crippen LogP contribution is 2.17. The Morgan fingerprint density at radius 1 is 1.23 bits per heavy atom. The highest BCUT2D eigenvalue weighted by Gasteiger charge is 2.13. The maximum atomic E-state index is 13.1. The highest BCUT2D eigenvalue weighted by atomic mass is 19.1. The number of carbonyl (C=O) groups excluding carboxylic acids is 1. The molecule has 0 radical (unpaired) electrons. The van der Waals surface area contributed by atoms with Gasteiger partial charge in [-0.3, -0.25) is 4.79 Å². The minimum Gasteiger partial charge on any atom is -0.387 e. The molecular weight excluding hydrogens is 283 g/mol. The molecule has 22 heavy (non-hydrogen) atoms. The molecular formula is C17H15FN2O2. The Hall–Kier alpha value is -2.66. The van der Waals surface area contributed by atoms with Crippen LogP contribution in [0.15, 0.2) is 54.7 Å². The molecule has 0 unspecified atom stereocenters. The van der Waals surface area contributed by atoms with Crippen molar-refractivity contribution in [1.29, 1.82) is 0 Å². The molecule has 3 aromatic rings. The molecule has 1 aromatic heterocycles. The van der Waals surface area contributed by atoms with Gasteiger partial charge in [0.1, 0.15) is 5.82 Å². The van der Waals surface area contributed by atoms with Crippen LogP contribution in [-0.2, 0) is 0 Å². The molecule has 0 aliphatic carbocycles. The van der Waals surface area contributed by atoms with Crippen molar-refractivity contribution in [1.82, 2.24) is 10.3 Å². The van der Waals surface area contributed by atoms with E-state index in [1.165, 1.54) is 18.2 Å². The van der Waals surface area contributed by atoms with Crippen LogP contribution in [0.2, 0.25) is 0 Å². The molecule has 4 nitrogen and oxygen atoms in total. The van der Waals surface area contributed by atoms with E-state index in [0.717, 1.165) is 10.9 Å².